The van der Waals surface area contributed by atoms with Gasteiger partial charge in [0, 0.05) is 41.5 Å². The van der Waals surface area contributed by atoms with Crippen LogP contribution >= 0.6 is 0 Å². The van der Waals surface area contributed by atoms with Gasteiger partial charge in [0.15, 0.2) is 0 Å². The summed E-state index contributed by atoms with van der Waals surface area (Å²) in [7, 11) is 1.60. The summed E-state index contributed by atoms with van der Waals surface area (Å²) in [5.74, 6) is -1.72. The molecular weight excluding hydrogens is 594 g/mol. The third-order valence-corrected chi connectivity index (χ3v) is 8.97. The van der Waals surface area contributed by atoms with Crippen LogP contribution in [0.3, 0.4) is 0 Å². The molecule has 2 aliphatic heterocycles. The van der Waals surface area contributed by atoms with E-state index in [9.17, 15) is 19.8 Å². The van der Waals surface area contributed by atoms with Gasteiger partial charge < -0.3 is 25.0 Å². The number of H-pyrrole nitrogens is 2. The highest BCUT2D eigenvalue weighted by atomic mass is 16.6. The van der Waals surface area contributed by atoms with Crippen LogP contribution in [-0.2, 0) is 27.3 Å². The van der Waals surface area contributed by atoms with Gasteiger partial charge in [-0.05, 0) is 122 Å². The molecular formula is C37H47N5O5. The Morgan fingerprint density at radius 2 is 1.15 bits per heavy atom. The normalized spacial score (nSPS) is 12.8. The third kappa shape index (κ3) is 7.72. The predicted octanol–water partition coefficient (Wildman–Crippen LogP) is 7.80. The summed E-state index contributed by atoms with van der Waals surface area (Å²) in [6, 6.07) is 8.19. The lowest BCUT2D eigenvalue weighted by Crippen LogP contribution is -2.08. The number of aromatic amines is 2. The monoisotopic (exact) mass is 641 g/mol. The molecule has 0 aromatic carbocycles. The summed E-state index contributed by atoms with van der Waals surface area (Å²) < 4.78 is 0. The maximum absolute atomic E-state index is 11.5. The van der Waals surface area contributed by atoms with E-state index in [1.165, 1.54) is 11.1 Å². The van der Waals surface area contributed by atoms with Gasteiger partial charge in [0.2, 0.25) is 0 Å². The Kier molecular flexibility index (Phi) is 11.5. The molecule has 5 heterocycles. The fourth-order valence-corrected chi connectivity index (χ4v) is 6.36. The highest BCUT2D eigenvalue weighted by Gasteiger charge is 2.21. The number of carbonyl (C=O) groups is 2. The van der Waals surface area contributed by atoms with Gasteiger partial charge in [-0.3, -0.25) is 9.59 Å². The van der Waals surface area contributed by atoms with E-state index >= 15 is 0 Å². The van der Waals surface area contributed by atoms with Crippen LogP contribution in [0.1, 0.15) is 105 Å². The molecule has 0 aliphatic carbocycles. The van der Waals surface area contributed by atoms with Crippen molar-refractivity contribution in [3.05, 3.63) is 69.3 Å². The van der Waals surface area contributed by atoms with E-state index in [1.807, 2.05) is 32.9 Å². The van der Waals surface area contributed by atoms with Crippen molar-refractivity contribution in [1.82, 2.24) is 25.4 Å². The third-order valence-electron chi connectivity index (χ3n) is 8.97. The predicted molar refractivity (Wildman–Crippen MR) is 189 cm³/mol. The molecule has 2 aliphatic rings. The lowest BCUT2D eigenvalue weighted by Gasteiger charge is -2.03. The van der Waals surface area contributed by atoms with Gasteiger partial charge in [0.1, 0.15) is 0 Å². The number of allylic oxidation sites excluding steroid dienone is 4. The first-order valence-corrected chi connectivity index (χ1v) is 16.3. The molecule has 0 saturated heterocycles. The van der Waals surface area contributed by atoms with E-state index in [2.05, 4.69) is 60.1 Å². The quantitative estimate of drug-likeness (QED) is 0.141. The lowest BCUT2D eigenvalue weighted by molar-refractivity contribution is -0.137. The summed E-state index contributed by atoms with van der Waals surface area (Å²) in [6.07, 6.45) is 2.39. The van der Waals surface area contributed by atoms with Crippen molar-refractivity contribution in [2.45, 2.75) is 87.0 Å². The summed E-state index contributed by atoms with van der Waals surface area (Å²) in [6.45, 7) is 15.4. The van der Waals surface area contributed by atoms with E-state index in [-0.39, 0.29) is 12.8 Å². The molecule has 0 saturated carbocycles. The summed E-state index contributed by atoms with van der Waals surface area (Å²) >= 11 is 0. The van der Waals surface area contributed by atoms with Crippen LogP contribution in [0.4, 0.5) is 0 Å². The number of hydrogen-bond donors (Lipinski definition) is 5. The zero-order chi connectivity index (χ0) is 34.4. The molecule has 0 spiro atoms. The Hall–Kier alpha value is -4.54. The highest BCUT2D eigenvalue weighted by molar-refractivity contribution is 5.95. The Bertz CT molecular complexity index is 1910. The molecule has 0 fully saturated rings. The molecule has 10 nitrogen and oxygen atoms in total. The first-order chi connectivity index (χ1) is 22.4. The molecule has 5 rings (SSSR count). The van der Waals surface area contributed by atoms with Crippen LogP contribution in [0.15, 0.2) is 24.3 Å². The fraction of sp³-hybridized carbons (Fsp3) is 0.405. The maximum Gasteiger partial charge on any atom is 0.303 e. The van der Waals surface area contributed by atoms with Crippen molar-refractivity contribution in [3.8, 4) is 0 Å². The van der Waals surface area contributed by atoms with Gasteiger partial charge >= 0.3 is 11.9 Å². The number of aromatic nitrogens is 4. The standard InChI is InChI=1S/C34H38N4O4.C3H9NO/c1-7-21-17(3)25-13-26-19(5)23(9-11-33(39)40)31(37-26)16-32-24(10-12-34(41)42)20(6)28(38-32)15-30-22(8-2)18(4)27(36-30)14-29(21)35-25;1-3-4-5-2/h13-16,35,38H,7-12H2,1-6H3,(H,39,40)(H,41,42);4H,3H2,1-2H3. The zero-order valence-corrected chi connectivity index (χ0v) is 28.8. The van der Waals surface area contributed by atoms with E-state index in [4.69, 9.17) is 9.97 Å². The zero-order valence-electron chi connectivity index (χ0n) is 28.8. The minimum Gasteiger partial charge on any atom is -0.481 e. The lowest BCUT2D eigenvalue weighted by atomic mass is 10.00. The van der Waals surface area contributed by atoms with Gasteiger partial charge in [-0.2, -0.15) is 0 Å². The fourth-order valence-electron chi connectivity index (χ4n) is 6.36. The molecule has 47 heavy (non-hydrogen) atoms. The molecule has 10 heteroatoms. The second-order valence-electron chi connectivity index (χ2n) is 11.9. The molecule has 0 unspecified atom stereocenters. The van der Waals surface area contributed by atoms with E-state index in [0.29, 0.717) is 18.5 Å². The van der Waals surface area contributed by atoms with Crippen LogP contribution in [0.5, 0.6) is 0 Å². The smallest absolute Gasteiger partial charge is 0.303 e. The van der Waals surface area contributed by atoms with Gasteiger partial charge in [0.25, 0.3) is 0 Å². The highest BCUT2D eigenvalue weighted by Crippen LogP contribution is 2.36. The van der Waals surface area contributed by atoms with Gasteiger partial charge in [-0.25, -0.2) is 15.4 Å². The second kappa shape index (κ2) is 15.4. The molecule has 0 atom stereocenters. The molecule has 3 aromatic heterocycles. The Balaban J connectivity index is 0.000000930. The van der Waals surface area contributed by atoms with Crippen LogP contribution < -0.4 is 5.48 Å². The summed E-state index contributed by atoms with van der Waals surface area (Å²) in [5.41, 5.74) is 18.0. The summed E-state index contributed by atoms with van der Waals surface area (Å²) in [4.78, 5) is 44.8. The molecule has 5 N–H and O–H groups in total. The topological polar surface area (TPSA) is 153 Å². The number of nitrogens with zero attached hydrogens (tertiary/aromatic N) is 2. The molecule has 8 bridgehead atoms. The van der Waals surface area contributed by atoms with Gasteiger partial charge in [0.05, 0.1) is 29.9 Å². The molecule has 0 amide bonds. The van der Waals surface area contributed by atoms with Crippen molar-refractivity contribution in [2.75, 3.05) is 13.7 Å². The SMILES string of the molecule is CCC1=C(C)c2cc3[nH]c(cc4nc(cc5[nH]c(cc1n2)c(C)c5CCC(=O)O)C(CCC(=O)O)=C4C)c(C)c3CC.CCNOC. The van der Waals surface area contributed by atoms with E-state index < -0.39 is 11.9 Å². The number of fused-ring (bicyclic) bond motifs is 8. The van der Waals surface area contributed by atoms with Crippen molar-refractivity contribution < 1.29 is 24.6 Å². The Morgan fingerprint density at radius 1 is 0.681 bits per heavy atom. The maximum atomic E-state index is 11.5. The molecule has 0 radical (unpaired) electrons. The Morgan fingerprint density at radius 3 is 1.66 bits per heavy atom. The van der Waals surface area contributed by atoms with Crippen LogP contribution in [0.25, 0.3) is 44.4 Å². The van der Waals surface area contributed by atoms with Crippen molar-refractivity contribution in [3.63, 3.8) is 0 Å². The van der Waals surface area contributed by atoms with Gasteiger partial charge in [-0.15, -0.1) is 0 Å². The number of carboxylic acid groups (broad SMARTS) is 2. The number of carboxylic acids is 2. The van der Waals surface area contributed by atoms with Crippen LogP contribution in [0.2, 0.25) is 0 Å². The minimum absolute atomic E-state index is 0.00162. The molecule has 250 valence electrons. The van der Waals surface area contributed by atoms with Crippen LogP contribution in [-0.4, -0.2) is 55.7 Å². The number of aliphatic carboxylic acids is 2. The van der Waals surface area contributed by atoms with Crippen molar-refractivity contribution in [1.29, 1.82) is 0 Å². The number of hydroxylamine groups is 1. The average molecular weight is 642 g/mol. The minimum atomic E-state index is -0.864. The second-order valence-corrected chi connectivity index (χ2v) is 11.9. The van der Waals surface area contributed by atoms with Crippen LogP contribution in [0, 0.1) is 13.8 Å². The largest absolute Gasteiger partial charge is 0.481 e. The van der Waals surface area contributed by atoms with E-state index in [1.54, 1.807) is 7.11 Å². The number of nitrogens with one attached hydrogen (secondary N) is 3. The van der Waals surface area contributed by atoms with E-state index in [0.717, 1.165) is 91.9 Å². The number of rotatable bonds is 10. The first kappa shape index (κ1) is 35.3. The summed E-state index contributed by atoms with van der Waals surface area (Å²) in [5, 5.41) is 18.9. The number of aryl methyl sites for hydroxylation is 4. The number of hydrogen-bond acceptors (Lipinski definition) is 6. The average Bonchev–Trinajstić information content (AvgIpc) is 3.68. The van der Waals surface area contributed by atoms with Crippen molar-refractivity contribution >= 4 is 56.3 Å². The molecule has 3 aromatic rings. The van der Waals surface area contributed by atoms with Gasteiger partial charge in [-0.1, -0.05) is 20.8 Å². The first-order valence-electron chi connectivity index (χ1n) is 16.3. The van der Waals surface area contributed by atoms with Crippen molar-refractivity contribution in [2.24, 2.45) is 0 Å². The Labute approximate surface area is 276 Å².